The second-order valence-electron chi connectivity index (χ2n) is 8.32. The summed E-state index contributed by atoms with van der Waals surface area (Å²) in [4.78, 5) is 16.4. The van der Waals surface area contributed by atoms with Crippen LogP contribution in [0.1, 0.15) is 34.8 Å². The van der Waals surface area contributed by atoms with E-state index in [0.29, 0.717) is 12.0 Å². The van der Waals surface area contributed by atoms with Gasteiger partial charge in [0.2, 0.25) is 15.9 Å². The Morgan fingerprint density at radius 1 is 1.10 bits per heavy atom. The number of sulfonamides is 1. The first-order chi connectivity index (χ1) is 14.7. The predicted octanol–water partition coefficient (Wildman–Crippen LogP) is 2.28. The van der Waals surface area contributed by atoms with Gasteiger partial charge >= 0.3 is 0 Å². The van der Waals surface area contributed by atoms with Crippen molar-refractivity contribution in [1.82, 2.24) is 9.62 Å². The highest BCUT2D eigenvalue weighted by molar-refractivity contribution is 7.89. The van der Waals surface area contributed by atoms with Gasteiger partial charge in [-0.05, 0) is 69.1 Å². The van der Waals surface area contributed by atoms with E-state index in [4.69, 9.17) is 5.73 Å². The minimum atomic E-state index is -3.72. The fourth-order valence-electron chi connectivity index (χ4n) is 3.86. The van der Waals surface area contributed by atoms with E-state index in [1.807, 2.05) is 6.92 Å². The largest absolute Gasteiger partial charge is 0.369 e. The summed E-state index contributed by atoms with van der Waals surface area (Å²) in [5, 5.41) is 0. The fraction of sp³-hybridized carbons (Fsp3) is 0.435. The van der Waals surface area contributed by atoms with Gasteiger partial charge in [-0.3, -0.25) is 9.69 Å². The summed E-state index contributed by atoms with van der Waals surface area (Å²) >= 11 is 0. The molecule has 1 fully saturated rings. The van der Waals surface area contributed by atoms with Crippen molar-refractivity contribution in [3.63, 3.8) is 0 Å². The predicted molar refractivity (Wildman–Crippen MR) is 124 cm³/mol. The Bertz CT molecular complexity index is 1030. The average Bonchev–Trinajstić information content (AvgIpc) is 2.72. The van der Waals surface area contributed by atoms with Crippen LogP contribution in [-0.4, -0.2) is 58.0 Å². The standard InChI is InChI=1S/C23H32N4O3S/c1-17-5-4-6-20(15-17)27-13-11-26(12-14-27)10-9-19(3)25-31(29,30)21-8-7-18(2)22(16-21)23(24)28/h4-8,15-16,19,25H,9-14H2,1-3H3,(H2,24,28). The van der Waals surface area contributed by atoms with Crippen LogP contribution in [0.2, 0.25) is 0 Å². The summed E-state index contributed by atoms with van der Waals surface area (Å²) in [6.07, 6.45) is 0.707. The van der Waals surface area contributed by atoms with E-state index < -0.39 is 15.9 Å². The first-order valence-corrected chi connectivity index (χ1v) is 12.1. The molecule has 0 bridgehead atoms. The van der Waals surface area contributed by atoms with Crippen LogP contribution in [0.4, 0.5) is 5.69 Å². The number of hydrogen-bond donors (Lipinski definition) is 2. The molecule has 1 aliphatic heterocycles. The SMILES string of the molecule is Cc1cccc(N2CCN(CCC(C)NS(=O)(=O)c3ccc(C)c(C(N)=O)c3)CC2)c1. The van der Waals surface area contributed by atoms with Crippen LogP contribution in [0.3, 0.4) is 0 Å². The number of hydrogen-bond acceptors (Lipinski definition) is 5. The molecule has 0 aromatic heterocycles. The smallest absolute Gasteiger partial charge is 0.249 e. The average molecular weight is 445 g/mol. The number of nitrogens with zero attached hydrogens (tertiary/aromatic N) is 2. The molecule has 1 unspecified atom stereocenters. The van der Waals surface area contributed by atoms with Crippen molar-refractivity contribution in [2.24, 2.45) is 5.73 Å². The van der Waals surface area contributed by atoms with E-state index in [1.54, 1.807) is 13.0 Å². The Balaban J connectivity index is 1.51. The number of benzene rings is 2. The molecule has 1 saturated heterocycles. The molecule has 7 nitrogen and oxygen atoms in total. The van der Waals surface area contributed by atoms with Crippen LogP contribution in [0.5, 0.6) is 0 Å². The third kappa shape index (κ3) is 6.06. The van der Waals surface area contributed by atoms with Gasteiger partial charge in [-0.15, -0.1) is 0 Å². The normalized spacial score (nSPS) is 16.3. The zero-order valence-corrected chi connectivity index (χ0v) is 19.3. The highest BCUT2D eigenvalue weighted by Gasteiger charge is 2.21. The summed E-state index contributed by atoms with van der Waals surface area (Å²) in [7, 11) is -3.72. The van der Waals surface area contributed by atoms with Crippen molar-refractivity contribution >= 4 is 21.6 Å². The molecule has 1 amide bonds. The first-order valence-electron chi connectivity index (χ1n) is 10.6. The molecule has 3 rings (SSSR count). The lowest BCUT2D eigenvalue weighted by Crippen LogP contribution is -2.47. The zero-order valence-electron chi connectivity index (χ0n) is 18.5. The number of primary amides is 1. The van der Waals surface area contributed by atoms with E-state index in [1.165, 1.54) is 23.4 Å². The number of amides is 1. The Kier molecular flexibility index (Phi) is 7.35. The quantitative estimate of drug-likeness (QED) is 0.651. The minimum Gasteiger partial charge on any atom is -0.369 e. The lowest BCUT2D eigenvalue weighted by molar-refractivity contribution is 0.0999. The number of carbonyl (C=O) groups excluding carboxylic acids is 1. The number of carbonyl (C=O) groups is 1. The molecule has 2 aromatic carbocycles. The summed E-state index contributed by atoms with van der Waals surface area (Å²) in [5.74, 6) is -0.632. The molecule has 8 heteroatoms. The molecule has 0 aliphatic carbocycles. The maximum atomic E-state index is 12.7. The van der Waals surface area contributed by atoms with E-state index >= 15 is 0 Å². The van der Waals surface area contributed by atoms with Crippen molar-refractivity contribution < 1.29 is 13.2 Å². The van der Waals surface area contributed by atoms with Gasteiger partial charge < -0.3 is 10.6 Å². The molecular weight excluding hydrogens is 412 g/mol. The van der Waals surface area contributed by atoms with Crippen molar-refractivity contribution in [1.29, 1.82) is 0 Å². The van der Waals surface area contributed by atoms with Gasteiger partial charge in [0.05, 0.1) is 4.90 Å². The molecule has 1 aliphatic rings. The van der Waals surface area contributed by atoms with Crippen molar-refractivity contribution in [3.8, 4) is 0 Å². The molecule has 0 spiro atoms. The maximum Gasteiger partial charge on any atom is 0.249 e. The molecule has 1 heterocycles. The summed E-state index contributed by atoms with van der Waals surface area (Å²) in [5.41, 5.74) is 8.75. The number of rotatable bonds is 8. The third-order valence-corrected chi connectivity index (χ3v) is 7.35. The van der Waals surface area contributed by atoms with E-state index in [2.05, 4.69) is 45.7 Å². The molecule has 1 atom stereocenters. The lowest BCUT2D eigenvalue weighted by atomic mass is 10.1. The number of nitrogens with one attached hydrogen (secondary N) is 1. The second kappa shape index (κ2) is 9.80. The van der Waals surface area contributed by atoms with E-state index in [0.717, 1.165) is 32.7 Å². The summed E-state index contributed by atoms with van der Waals surface area (Å²) in [6, 6.07) is 12.8. The van der Waals surface area contributed by atoms with Crippen LogP contribution in [0, 0.1) is 13.8 Å². The number of nitrogens with two attached hydrogens (primary N) is 1. The van der Waals surface area contributed by atoms with Crippen molar-refractivity contribution in [2.45, 2.75) is 38.1 Å². The zero-order chi connectivity index (χ0) is 22.6. The maximum absolute atomic E-state index is 12.7. The van der Waals surface area contributed by atoms with Gasteiger partial charge in [0, 0.05) is 43.5 Å². The van der Waals surface area contributed by atoms with Crippen LogP contribution in [0.25, 0.3) is 0 Å². The number of aryl methyl sites for hydroxylation is 2. The molecule has 0 radical (unpaired) electrons. The highest BCUT2D eigenvalue weighted by Crippen LogP contribution is 2.19. The van der Waals surface area contributed by atoms with E-state index in [-0.39, 0.29) is 16.5 Å². The minimum absolute atomic E-state index is 0.0607. The number of anilines is 1. The monoisotopic (exact) mass is 444 g/mol. The summed E-state index contributed by atoms with van der Waals surface area (Å²) in [6.45, 7) is 10.3. The molecule has 0 saturated carbocycles. The van der Waals surface area contributed by atoms with Gasteiger partial charge in [-0.1, -0.05) is 18.2 Å². The van der Waals surface area contributed by atoms with Crippen LogP contribution in [0.15, 0.2) is 47.4 Å². The Labute approximate surface area is 185 Å². The van der Waals surface area contributed by atoms with Gasteiger partial charge in [0.15, 0.2) is 0 Å². The molecular formula is C23H32N4O3S. The van der Waals surface area contributed by atoms with Crippen LogP contribution < -0.4 is 15.4 Å². The van der Waals surface area contributed by atoms with Gasteiger partial charge in [-0.2, -0.15) is 0 Å². The van der Waals surface area contributed by atoms with E-state index in [9.17, 15) is 13.2 Å². The Morgan fingerprint density at radius 3 is 2.45 bits per heavy atom. The van der Waals surface area contributed by atoms with Crippen LogP contribution in [-0.2, 0) is 10.0 Å². The molecule has 168 valence electrons. The second-order valence-corrected chi connectivity index (χ2v) is 10.0. The molecule has 3 N–H and O–H groups in total. The fourth-order valence-corrected chi connectivity index (χ4v) is 5.16. The van der Waals surface area contributed by atoms with Gasteiger partial charge in [0.25, 0.3) is 0 Å². The Morgan fingerprint density at radius 2 is 1.81 bits per heavy atom. The Hall–Kier alpha value is -2.42. The molecule has 31 heavy (non-hydrogen) atoms. The first kappa shape index (κ1) is 23.2. The van der Waals surface area contributed by atoms with Crippen molar-refractivity contribution in [3.05, 3.63) is 59.2 Å². The summed E-state index contributed by atoms with van der Waals surface area (Å²) < 4.78 is 28.2. The van der Waals surface area contributed by atoms with Gasteiger partial charge in [0.1, 0.15) is 0 Å². The highest BCUT2D eigenvalue weighted by atomic mass is 32.2. The topological polar surface area (TPSA) is 95.7 Å². The molecule has 2 aromatic rings. The van der Waals surface area contributed by atoms with Crippen molar-refractivity contribution in [2.75, 3.05) is 37.6 Å². The van der Waals surface area contributed by atoms with Gasteiger partial charge in [-0.25, -0.2) is 13.1 Å². The lowest BCUT2D eigenvalue weighted by Gasteiger charge is -2.36. The number of piperazine rings is 1. The third-order valence-electron chi connectivity index (χ3n) is 5.76. The van der Waals surface area contributed by atoms with Crippen LogP contribution >= 0.6 is 0 Å².